The molecule has 1 saturated heterocycles. The molecule has 0 bridgehead atoms. The summed E-state index contributed by atoms with van der Waals surface area (Å²) in [6.07, 6.45) is 4.24. The molecule has 4 heteroatoms. The molecular weight excluding hydrogens is 276 g/mol. The van der Waals surface area contributed by atoms with Crippen molar-refractivity contribution in [2.75, 3.05) is 4.90 Å². The fourth-order valence-corrected chi connectivity index (χ4v) is 2.39. The molecule has 2 aromatic rings. The third-order valence-corrected chi connectivity index (χ3v) is 3.45. The van der Waals surface area contributed by atoms with Crippen LogP contribution in [0, 0.1) is 12.0 Å². The van der Waals surface area contributed by atoms with Crippen molar-refractivity contribution in [3.8, 4) is 0 Å². The first-order chi connectivity index (χ1) is 10.7. The summed E-state index contributed by atoms with van der Waals surface area (Å²) in [5.41, 5.74) is 1.60. The monoisotopic (exact) mass is 293 g/mol. The van der Waals surface area contributed by atoms with E-state index in [9.17, 15) is 4.79 Å². The lowest BCUT2D eigenvalue weighted by Gasteiger charge is -2.17. The average Bonchev–Trinajstić information content (AvgIpc) is 2.86. The number of hydrogen-bond acceptors (Lipinski definition) is 3. The van der Waals surface area contributed by atoms with Gasteiger partial charge in [0.25, 0.3) is 0 Å². The summed E-state index contributed by atoms with van der Waals surface area (Å²) < 4.78 is 5.52. The number of pyridine rings is 1. The molecule has 0 N–H and O–H groups in total. The van der Waals surface area contributed by atoms with E-state index in [4.69, 9.17) is 4.74 Å². The second-order valence-electron chi connectivity index (χ2n) is 5.45. The van der Waals surface area contributed by atoms with Gasteiger partial charge in [-0.2, -0.15) is 0 Å². The van der Waals surface area contributed by atoms with Gasteiger partial charge in [-0.3, -0.25) is 0 Å². The molecule has 1 fully saturated rings. The Kier molecular flexibility index (Phi) is 3.92. The number of nitrogens with zero attached hydrogens (tertiary/aromatic N) is 2. The quantitative estimate of drug-likeness (QED) is 0.864. The fraction of sp³-hybridized carbons (Fsp3) is 0.222. The second kappa shape index (κ2) is 6.02. The Bertz CT molecular complexity index is 681. The number of benzene rings is 1. The van der Waals surface area contributed by atoms with Gasteiger partial charge in [0.2, 0.25) is 0 Å². The molecule has 1 atom stereocenters. The summed E-state index contributed by atoms with van der Waals surface area (Å²) in [7, 11) is 0. The zero-order valence-corrected chi connectivity index (χ0v) is 12.6. The van der Waals surface area contributed by atoms with E-state index in [0.29, 0.717) is 11.5 Å². The van der Waals surface area contributed by atoms with Crippen LogP contribution in [0.4, 0.5) is 10.6 Å². The van der Waals surface area contributed by atoms with Gasteiger partial charge in [0.1, 0.15) is 11.9 Å². The van der Waals surface area contributed by atoms with Crippen LogP contribution in [0.15, 0.2) is 60.4 Å². The Balaban J connectivity index is 2.07. The molecule has 1 aromatic heterocycles. The molecule has 1 aromatic carbocycles. The Morgan fingerprint density at radius 3 is 2.50 bits per heavy atom. The van der Waals surface area contributed by atoms with E-state index in [2.05, 4.69) is 11.1 Å². The second-order valence-corrected chi connectivity index (χ2v) is 5.45. The first kappa shape index (κ1) is 14.3. The summed E-state index contributed by atoms with van der Waals surface area (Å²) in [5, 5.41) is 0. The normalized spacial score (nSPS) is 19.8. The first-order valence-electron chi connectivity index (χ1n) is 7.27. The zero-order chi connectivity index (χ0) is 15.5. The maximum absolute atomic E-state index is 12.3. The molecule has 0 spiro atoms. The van der Waals surface area contributed by atoms with Crippen molar-refractivity contribution in [3.05, 3.63) is 72.1 Å². The Labute approximate surface area is 130 Å². The van der Waals surface area contributed by atoms with Crippen molar-refractivity contribution < 1.29 is 9.53 Å². The highest BCUT2D eigenvalue weighted by atomic mass is 16.6. The van der Waals surface area contributed by atoms with Gasteiger partial charge in [-0.05, 0) is 23.6 Å². The van der Waals surface area contributed by atoms with Gasteiger partial charge in [-0.1, -0.05) is 50.2 Å². The minimum Gasteiger partial charge on any atom is -0.439 e. The molecule has 1 radical (unpaired) electrons. The molecule has 3 rings (SSSR count). The third kappa shape index (κ3) is 2.72. The largest absolute Gasteiger partial charge is 0.439 e. The molecule has 22 heavy (non-hydrogen) atoms. The molecule has 111 valence electrons. The molecule has 1 aliphatic heterocycles. The Morgan fingerprint density at radius 1 is 1.14 bits per heavy atom. The number of cyclic esters (lactones) is 1. The topological polar surface area (TPSA) is 42.4 Å². The minimum atomic E-state index is -0.407. The summed E-state index contributed by atoms with van der Waals surface area (Å²) in [6, 6.07) is 15.2. The van der Waals surface area contributed by atoms with Crippen molar-refractivity contribution in [2.45, 2.75) is 20.0 Å². The van der Waals surface area contributed by atoms with Crippen molar-refractivity contribution >= 4 is 11.9 Å². The van der Waals surface area contributed by atoms with E-state index in [0.717, 1.165) is 5.56 Å². The molecule has 4 nitrogen and oxygen atoms in total. The smallest absolute Gasteiger partial charge is 0.420 e. The van der Waals surface area contributed by atoms with Gasteiger partial charge in [0, 0.05) is 12.3 Å². The van der Waals surface area contributed by atoms with Crippen LogP contribution < -0.4 is 4.90 Å². The van der Waals surface area contributed by atoms with Crippen molar-refractivity contribution in [3.63, 3.8) is 0 Å². The molecule has 0 saturated carbocycles. The van der Waals surface area contributed by atoms with E-state index in [1.165, 1.54) is 4.90 Å². The van der Waals surface area contributed by atoms with Crippen molar-refractivity contribution in [2.24, 2.45) is 5.92 Å². The lowest BCUT2D eigenvalue weighted by Crippen LogP contribution is -2.25. The van der Waals surface area contributed by atoms with Crippen LogP contribution >= 0.6 is 0 Å². The zero-order valence-electron chi connectivity index (χ0n) is 12.6. The molecule has 1 unspecified atom stereocenters. The Hall–Kier alpha value is -2.62. The van der Waals surface area contributed by atoms with Crippen molar-refractivity contribution in [1.82, 2.24) is 4.98 Å². The number of carbonyl (C=O) groups is 1. The maximum Gasteiger partial charge on any atom is 0.420 e. The molecule has 1 aliphatic rings. The fourth-order valence-electron chi connectivity index (χ4n) is 2.39. The molecule has 0 aliphatic carbocycles. The minimum absolute atomic E-state index is 0.156. The van der Waals surface area contributed by atoms with E-state index < -0.39 is 6.09 Å². The summed E-state index contributed by atoms with van der Waals surface area (Å²) in [4.78, 5) is 18.1. The van der Waals surface area contributed by atoms with Gasteiger partial charge in [0.05, 0.1) is 5.70 Å². The van der Waals surface area contributed by atoms with Crippen molar-refractivity contribution in [1.29, 1.82) is 0 Å². The average molecular weight is 293 g/mol. The van der Waals surface area contributed by atoms with Crippen LogP contribution in [0.25, 0.3) is 0 Å². The van der Waals surface area contributed by atoms with Crippen LogP contribution in [0.1, 0.15) is 19.4 Å². The molecule has 2 heterocycles. The SMILES string of the molecule is CC(C)C1OC(=O)N(c2ccccn2)C1=[C]c1ccccc1. The number of rotatable bonds is 3. The molecule has 1 amide bonds. The van der Waals surface area contributed by atoms with E-state index in [1.54, 1.807) is 12.3 Å². The van der Waals surface area contributed by atoms with Gasteiger partial charge in [-0.25, -0.2) is 14.7 Å². The van der Waals surface area contributed by atoms with E-state index >= 15 is 0 Å². The number of aromatic nitrogens is 1. The number of hydrogen-bond donors (Lipinski definition) is 0. The predicted molar refractivity (Wildman–Crippen MR) is 84.1 cm³/mol. The predicted octanol–water partition coefficient (Wildman–Crippen LogP) is 3.80. The lowest BCUT2D eigenvalue weighted by atomic mass is 10.0. The van der Waals surface area contributed by atoms with Crippen LogP contribution in [0.5, 0.6) is 0 Å². The number of carbonyl (C=O) groups excluding carboxylic acids is 1. The maximum atomic E-state index is 12.3. The van der Waals surface area contributed by atoms with E-state index in [1.807, 2.05) is 56.3 Å². The summed E-state index contributed by atoms with van der Waals surface area (Å²) in [6.45, 7) is 4.04. The highest BCUT2D eigenvalue weighted by Gasteiger charge is 2.40. The standard InChI is InChI=1S/C18H17N2O2/c1-13(2)17-15(12-14-8-4-3-5-9-14)20(18(21)22-17)16-10-6-7-11-19-16/h3-11,13,17H,1-2H3. The van der Waals surface area contributed by atoms with Crippen LogP contribution in [0.3, 0.4) is 0 Å². The van der Waals surface area contributed by atoms with Gasteiger partial charge < -0.3 is 4.74 Å². The van der Waals surface area contributed by atoms with Gasteiger partial charge in [0.15, 0.2) is 0 Å². The lowest BCUT2D eigenvalue weighted by molar-refractivity contribution is 0.123. The third-order valence-electron chi connectivity index (χ3n) is 3.45. The number of anilines is 1. The number of amides is 1. The van der Waals surface area contributed by atoms with Gasteiger partial charge in [-0.15, -0.1) is 0 Å². The first-order valence-corrected chi connectivity index (χ1v) is 7.27. The van der Waals surface area contributed by atoms with E-state index in [-0.39, 0.29) is 12.0 Å². The highest BCUT2D eigenvalue weighted by molar-refractivity contribution is 5.93. The number of ether oxygens (including phenoxy) is 1. The molecular formula is C18H17N2O2. The van der Waals surface area contributed by atoms with Gasteiger partial charge >= 0.3 is 6.09 Å². The van der Waals surface area contributed by atoms with Crippen LogP contribution in [-0.2, 0) is 4.74 Å². The van der Waals surface area contributed by atoms with Crippen LogP contribution in [0.2, 0.25) is 0 Å². The van der Waals surface area contributed by atoms with Crippen LogP contribution in [-0.4, -0.2) is 17.2 Å². The Morgan fingerprint density at radius 2 is 1.86 bits per heavy atom. The highest BCUT2D eigenvalue weighted by Crippen LogP contribution is 2.32. The summed E-state index contributed by atoms with van der Waals surface area (Å²) >= 11 is 0. The summed E-state index contributed by atoms with van der Waals surface area (Å²) in [5.74, 6) is 0.706.